The summed E-state index contributed by atoms with van der Waals surface area (Å²) < 4.78 is 34.1. The Morgan fingerprint density at radius 2 is 1.93 bits per heavy atom. The molecule has 0 radical (unpaired) electrons. The minimum atomic E-state index is -0.839. The molecular weight excluding hydrogens is 444 g/mol. The number of hydrogen-bond acceptors (Lipinski definition) is 4. The SMILES string of the molecule is Cc1cnc(Br)cc1-n1c(C)cc(OCc2ncc(F)cc2F)c(Cl)c1=O. The molecule has 0 aliphatic heterocycles. The van der Waals surface area contributed by atoms with E-state index in [2.05, 4.69) is 25.9 Å². The predicted molar refractivity (Wildman–Crippen MR) is 101 cm³/mol. The number of aryl methyl sites for hydroxylation is 2. The zero-order chi connectivity index (χ0) is 19.7. The van der Waals surface area contributed by atoms with Crippen LogP contribution in [0.2, 0.25) is 5.02 Å². The number of pyridine rings is 3. The molecule has 3 aromatic heterocycles. The van der Waals surface area contributed by atoms with Crippen LogP contribution < -0.4 is 10.3 Å². The average molecular weight is 457 g/mol. The first-order chi connectivity index (χ1) is 12.8. The van der Waals surface area contributed by atoms with Crippen LogP contribution in [0, 0.1) is 25.5 Å². The molecule has 0 spiro atoms. The van der Waals surface area contributed by atoms with Gasteiger partial charge in [-0.15, -0.1) is 0 Å². The van der Waals surface area contributed by atoms with Crippen molar-refractivity contribution >= 4 is 27.5 Å². The lowest BCUT2D eigenvalue weighted by Gasteiger charge is -2.16. The second-order valence-electron chi connectivity index (χ2n) is 5.77. The fraction of sp³-hybridized carbons (Fsp3) is 0.167. The highest BCUT2D eigenvalue weighted by Gasteiger charge is 2.16. The number of halogens is 4. The van der Waals surface area contributed by atoms with Crippen molar-refractivity contribution in [3.8, 4) is 11.4 Å². The van der Waals surface area contributed by atoms with Gasteiger partial charge in [0.2, 0.25) is 0 Å². The number of ether oxygens (including phenoxy) is 1. The maximum absolute atomic E-state index is 13.7. The van der Waals surface area contributed by atoms with Crippen molar-refractivity contribution < 1.29 is 13.5 Å². The van der Waals surface area contributed by atoms with E-state index in [4.69, 9.17) is 16.3 Å². The summed E-state index contributed by atoms with van der Waals surface area (Å²) in [5, 5.41) is -0.157. The first-order valence-corrected chi connectivity index (χ1v) is 8.92. The summed E-state index contributed by atoms with van der Waals surface area (Å²) in [7, 11) is 0. The van der Waals surface area contributed by atoms with Gasteiger partial charge >= 0.3 is 0 Å². The molecular formula is C18H13BrClF2N3O2. The van der Waals surface area contributed by atoms with E-state index in [9.17, 15) is 13.6 Å². The van der Waals surface area contributed by atoms with Crippen LogP contribution in [0.5, 0.6) is 5.75 Å². The molecule has 0 bridgehead atoms. The van der Waals surface area contributed by atoms with Gasteiger partial charge in [0.25, 0.3) is 5.56 Å². The fourth-order valence-electron chi connectivity index (χ4n) is 2.51. The molecule has 0 aliphatic carbocycles. The van der Waals surface area contributed by atoms with Crippen LogP contribution in [-0.4, -0.2) is 14.5 Å². The van der Waals surface area contributed by atoms with Gasteiger partial charge in [-0.3, -0.25) is 14.3 Å². The van der Waals surface area contributed by atoms with E-state index in [1.807, 2.05) is 6.92 Å². The minimum absolute atomic E-state index is 0.0896. The highest BCUT2D eigenvalue weighted by molar-refractivity contribution is 9.10. The molecule has 0 fully saturated rings. The van der Waals surface area contributed by atoms with Crippen LogP contribution in [0.3, 0.4) is 0 Å². The summed E-state index contributed by atoms with van der Waals surface area (Å²) in [5.74, 6) is -1.54. The molecule has 0 aliphatic rings. The van der Waals surface area contributed by atoms with Crippen LogP contribution in [0.25, 0.3) is 5.69 Å². The van der Waals surface area contributed by atoms with Gasteiger partial charge in [-0.1, -0.05) is 11.6 Å². The summed E-state index contributed by atoms with van der Waals surface area (Å²) in [5.41, 5.74) is 1.39. The Morgan fingerprint density at radius 1 is 1.19 bits per heavy atom. The maximum Gasteiger partial charge on any atom is 0.277 e. The lowest BCUT2D eigenvalue weighted by Crippen LogP contribution is -2.22. The summed E-state index contributed by atoms with van der Waals surface area (Å²) in [4.78, 5) is 20.5. The summed E-state index contributed by atoms with van der Waals surface area (Å²) in [6.07, 6.45) is 2.52. The Balaban J connectivity index is 1.98. The van der Waals surface area contributed by atoms with E-state index in [0.717, 1.165) is 11.8 Å². The van der Waals surface area contributed by atoms with E-state index in [0.29, 0.717) is 22.1 Å². The molecule has 0 N–H and O–H groups in total. The molecule has 0 atom stereocenters. The van der Waals surface area contributed by atoms with Crippen molar-refractivity contribution in [3.63, 3.8) is 0 Å². The van der Waals surface area contributed by atoms with Crippen LogP contribution >= 0.6 is 27.5 Å². The van der Waals surface area contributed by atoms with Gasteiger partial charge in [-0.2, -0.15) is 0 Å². The molecule has 27 heavy (non-hydrogen) atoms. The van der Waals surface area contributed by atoms with Gasteiger partial charge in [0.1, 0.15) is 33.5 Å². The summed E-state index contributed by atoms with van der Waals surface area (Å²) in [6.45, 7) is 3.24. The van der Waals surface area contributed by atoms with Gasteiger partial charge in [0, 0.05) is 24.0 Å². The van der Waals surface area contributed by atoms with Crippen molar-refractivity contribution in [1.29, 1.82) is 0 Å². The lowest BCUT2D eigenvalue weighted by molar-refractivity contribution is 0.292. The summed E-state index contributed by atoms with van der Waals surface area (Å²) >= 11 is 9.47. The topological polar surface area (TPSA) is 57.0 Å². The van der Waals surface area contributed by atoms with Crippen molar-refractivity contribution in [1.82, 2.24) is 14.5 Å². The normalized spacial score (nSPS) is 10.9. The number of aromatic nitrogens is 3. The number of hydrogen-bond donors (Lipinski definition) is 0. The van der Waals surface area contributed by atoms with Crippen molar-refractivity contribution in [3.05, 3.63) is 79.2 Å². The third-order valence-corrected chi connectivity index (χ3v) is 4.61. The van der Waals surface area contributed by atoms with Crippen LogP contribution in [0.1, 0.15) is 17.0 Å². The van der Waals surface area contributed by atoms with Crippen molar-refractivity contribution in [2.45, 2.75) is 20.5 Å². The molecule has 0 saturated heterocycles. The molecule has 0 aromatic carbocycles. The van der Waals surface area contributed by atoms with E-state index in [-0.39, 0.29) is 23.1 Å². The van der Waals surface area contributed by atoms with E-state index in [1.54, 1.807) is 25.3 Å². The molecule has 140 valence electrons. The highest BCUT2D eigenvalue weighted by Crippen LogP contribution is 2.26. The standard InChI is InChI=1S/C18H13BrClF2N3O2/c1-9-6-24-16(19)5-14(9)25-10(2)3-15(17(20)18(25)26)27-8-13-12(22)4-11(21)7-23-13/h3-7H,8H2,1-2H3. The largest absolute Gasteiger partial charge is 0.485 e. The average Bonchev–Trinajstić information content (AvgIpc) is 2.61. The second-order valence-corrected chi connectivity index (χ2v) is 6.96. The van der Waals surface area contributed by atoms with E-state index >= 15 is 0 Å². The second kappa shape index (κ2) is 7.74. The third kappa shape index (κ3) is 4.01. The van der Waals surface area contributed by atoms with E-state index < -0.39 is 17.2 Å². The zero-order valence-corrected chi connectivity index (χ0v) is 16.6. The highest BCUT2D eigenvalue weighted by atomic mass is 79.9. The van der Waals surface area contributed by atoms with Crippen LogP contribution in [-0.2, 0) is 6.61 Å². The Labute approximate surface area is 166 Å². The van der Waals surface area contributed by atoms with Crippen LogP contribution in [0.4, 0.5) is 8.78 Å². The zero-order valence-electron chi connectivity index (χ0n) is 14.3. The summed E-state index contributed by atoms with van der Waals surface area (Å²) in [6, 6.07) is 3.98. The first kappa shape index (κ1) is 19.4. The monoisotopic (exact) mass is 455 g/mol. The quantitative estimate of drug-likeness (QED) is 0.542. The third-order valence-electron chi connectivity index (χ3n) is 3.83. The smallest absolute Gasteiger partial charge is 0.277 e. The Morgan fingerprint density at radius 3 is 2.63 bits per heavy atom. The van der Waals surface area contributed by atoms with Gasteiger partial charge in [0.05, 0.1) is 11.9 Å². The molecule has 9 heteroatoms. The van der Waals surface area contributed by atoms with Crippen molar-refractivity contribution in [2.24, 2.45) is 0 Å². The molecule has 0 unspecified atom stereocenters. The van der Waals surface area contributed by atoms with Gasteiger partial charge in [0.15, 0.2) is 5.82 Å². The molecule has 0 saturated carbocycles. The molecule has 0 amide bonds. The van der Waals surface area contributed by atoms with E-state index in [1.165, 1.54) is 4.57 Å². The Bertz CT molecular complexity index is 1090. The van der Waals surface area contributed by atoms with Crippen LogP contribution in [0.15, 0.2) is 40.0 Å². The minimum Gasteiger partial charge on any atom is -0.485 e. The molecule has 3 aromatic rings. The number of rotatable bonds is 4. The lowest BCUT2D eigenvalue weighted by atomic mass is 10.2. The Hall–Kier alpha value is -2.32. The van der Waals surface area contributed by atoms with Crippen molar-refractivity contribution in [2.75, 3.05) is 0 Å². The van der Waals surface area contributed by atoms with Gasteiger partial charge < -0.3 is 4.74 Å². The number of nitrogens with zero attached hydrogens (tertiary/aromatic N) is 3. The maximum atomic E-state index is 13.7. The molecule has 3 rings (SSSR count). The van der Waals surface area contributed by atoms with Gasteiger partial charge in [-0.25, -0.2) is 13.8 Å². The Kier molecular flexibility index (Phi) is 5.57. The predicted octanol–water partition coefficient (Wildman–Crippen LogP) is 4.52. The first-order valence-electron chi connectivity index (χ1n) is 7.75. The molecule has 5 nitrogen and oxygen atoms in total. The molecule has 3 heterocycles. The van der Waals surface area contributed by atoms with Gasteiger partial charge in [-0.05, 0) is 41.4 Å². The fourth-order valence-corrected chi connectivity index (χ4v) is 3.02.